The van der Waals surface area contributed by atoms with E-state index in [0.29, 0.717) is 6.61 Å². The average molecular weight is 182 g/mol. The van der Waals surface area contributed by atoms with E-state index in [9.17, 15) is 4.79 Å². The maximum absolute atomic E-state index is 11.6. The van der Waals surface area contributed by atoms with Crippen LogP contribution in [0.2, 0.25) is 0 Å². The van der Waals surface area contributed by atoms with Crippen molar-refractivity contribution in [2.45, 2.75) is 44.6 Å². The summed E-state index contributed by atoms with van der Waals surface area (Å²) in [5, 5.41) is 0. The molecule has 0 bridgehead atoms. The van der Waals surface area contributed by atoms with E-state index in [-0.39, 0.29) is 5.78 Å². The molecule has 13 heavy (non-hydrogen) atoms. The minimum atomic E-state index is -0.519. The summed E-state index contributed by atoms with van der Waals surface area (Å²) in [5.74, 6) is 0.0639. The van der Waals surface area contributed by atoms with Gasteiger partial charge in [0.25, 0.3) is 0 Å². The molecule has 1 rings (SSSR count). The molecule has 1 aliphatic rings. The highest BCUT2D eigenvalue weighted by molar-refractivity contribution is 5.96. The minimum Gasteiger partial charge on any atom is -0.367 e. The van der Waals surface area contributed by atoms with Gasteiger partial charge >= 0.3 is 0 Å². The third kappa shape index (κ3) is 2.19. The zero-order valence-corrected chi connectivity index (χ0v) is 8.34. The van der Waals surface area contributed by atoms with Gasteiger partial charge in [-0.2, -0.15) is 0 Å². The molecule has 0 aromatic rings. The molecule has 0 saturated heterocycles. The summed E-state index contributed by atoms with van der Waals surface area (Å²) in [6, 6.07) is 0. The molecular formula is C11H18O2. The van der Waals surface area contributed by atoms with Gasteiger partial charge in [-0.05, 0) is 25.8 Å². The van der Waals surface area contributed by atoms with Crippen LogP contribution in [0.1, 0.15) is 39.0 Å². The van der Waals surface area contributed by atoms with Crippen LogP contribution in [0, 0.1) is 0 Å². The van der Waals surface area contributed by atoms with Gasteiger partial charge in [0.15, 0.2) is 5.78 Å². The van der Waals surface area contributed by atoms with Crippen molar-refractivity contribution < 1.29 is 9.53 Å². The second-order valence-corrected chi connectivity index (χ2v) is 3.56. The molecule has 0 aliphatic heterocycles. The largest absolute Gasteiger partial charge is 0.367 e. The average Bonchev–Trinajstić information content (AvgIpc) is 2.18. The minimum absolute atomic E-state index is 0.0639. The third-order valence-corrected chi connectivity index (χ3v) is 2.72. The molecule has 1 aliphatic carbocycles. The Balaban J connectivity index is 2.71. The van der Waals surface area contributed by atoms with Crippen LogP contribution in [0.3, 0.4) is 0 Å². The molecule has 0 radical (unpaired) electrons. The van der Waals surface area contributed by atoms with Gasteiger partial charge in [0.05, 0.1) is 0 Å². The van der Waals surface area contributed by atoms with Crippen molar-refractivity contribution in [3.63, 3.8) is 0 Å². The van der Waals surface area contributed by atoms with Crippen molar-refractivity contribution in [1.82, 2.24) is 0 Å². The Morgan fingerprint density at radius 3 is 2.54 bits per heavy atom. The van der Waals surface area contributed by atoms with E-state index in [0.717, 1.165) is 25.7 Å². The van der Waals surface area contributed by atoms with Gasteiger partial charge in [-0.1, -0.05) is 25.8 Å². The lowest BCUT2D eigenvalue weighted by molar-refractivity contribution is -0.143. The van der Waals surface area contributed by atoms with E-state index in [4.69, 9.17) is 4.74 Å². The molecule has 1 saturated carbocycles. The SMILES string of the molecule is C=CC(=O)C1(OCC)CCCCC1. The van der Waals surface area contributed by atoms with E-state index in [1.54, 1.807) is 0 Å². The van der Waals surface area contributed by atoms with Gasteiger partial charge in [-0.3, -0.25) is 4.79 Å². The monoisotopic (exact) mass is 182 g/mol. The summed E-state index contributed by atoms with van der Waals surface area (Å²) in [5.41, 5.74) is -0.519. The van der Waals surface area contributed by atoms with Crippen molar-refractivity contribution >= 4 is 5.78 Å². The van der Waals surface area contributed by atoms with Gasteiger partial charge in [-0.25, -0.2) is 0 Å². The molecule has 74 valence electrons. The van der Waals surface area contributed by atoms with E-state index in [2.05, 4.69) is 6.58 Å². The molecule has 0 aromatic heterocycles. The van der Waals surface area contributed by atoms with Crippen molar-refractivity contribution in [3.8, 4) is 0 Å². The lowest BCUT2D eigenvalue weighted by atomic mass is 9.81. The highest BCUT2D eigenvalue weighted by Crippen LogP contribution is 2.32. The fraction of sp³-hybridized carbons (Fsp3) is 0.727. The number of rotatable bonds is 4. The highest BCUT2D eigenvalue weighted by Gasteiger charge is 2.38. The topological polar surface area (TPSA) is 26.3 Å². The number of carbonyl (C=O) groups is 1. The predicted molar refractivity (Wildman–Crippen MR) is 52.6 cm³/mol. The summed E-state index contributed by atoms with van der Waals surface area (Å²) < 4.78 is 5.60. The first-order valence-electron chi connectivity index (χ1n) is 5.06. The van der Waals surface area contributed by atoms with Crippen LogP contribution in [-0.4, -0.2) is 18.0 Å². The second kappa shape index (κ2) is 4.56. The molecule has 1 fully saturated rings. The Bertz CT molecular complexity index is 185. The first-order valence-corrected chi connectivity index (χ1v) is 5.06. The van der Waals surface area contributed by atoms with E-state index in [1.807, 2.05) is 6.92 Å². The summed E-state index contributed by atoms with van der Waals surface area (Å²) in [4.78, 5) is 11.6. The molecule has 2 heteroatoms. The molecule has 0 heterocycles. The Labute approximate surface area is 80.0 Å². The van der Waals surface area contributed by atoms with E-state index in [1.165, 1.54) is 12.5 Å². The summed E-state index contributed by atoms with van der Waals surface area (Å²) in [6.07, 6.45) is 6.55. The van der Waals surface area contributed by atoms with Crippen molar-refractivity contribution in [3.05, 3.63) is 12.7 Å². The van der Waals surface area contributed by atoms with Crippen LogP contribution in [0.5, 0.6) is 0 Å². The van der Waals surface area contributed by atoms with Gasteiger partial charge in [0.1, 0.15) is 5.60 Å². The maximum Gasteiger partial charge on any atom is 0.186 e. The first-order chi connectivity index (χ1) is 6.25. The lowest BCUT2D eigenvalue weighted by Crippen LogP contribution is -2.42. The molecule has 0 amide bonds. The fourth-order valence-corrected chi connectivity index (χ4v) is 2.05. The molecule has 0 N–H and O–H groups in total. The highest BCUT2D eigenvalue weighted by atomic mass is 16.5. The zero-order chi connectivity index (χ0) is 9.73. The van der Waals surface area contributed by atoms with Gasteiger partial charge in [0, 0.05) is 6.61 Å². The van der Waals surface area contributed by atoms with Gasteiger partial charge in [-0.15, -0.1) is 0 Å². The molecule has 0 spiro atoms. The molecule has 0 atom stereocenters. The Morgan fingerprint density at radius 2 is 2.08 bits per heavy atom. The predicted octanol–water partition coefficient (Wildman–Crippen LogP) is 2.48. The zero-order valence-electron chi connectivity index (χ0n) is 8.34. The summed E-state index contributed by atoms with van der Waals surface area (Å²) in [7, 11) is 0. The number of carbonyl (C=O) groups excluding carboxylic acids is 1. The summed E-state index contributed by atoms with van der Waals surface area (Å²) >= 11 is 0. The first kappa shape index (κ1) is 10.5. The van der Waals surface area contributed by atoms with Crippen LogP contribution in [-0.2, 0) is 9.53 Å². The molecule has 2 nitrogen and oxygen atoms in total. The standard InChI is InChI=1S/C11H18O2/c1-3-10(12)11(13-4-2)8-6-5-7-9-11/h3H,1,4-9H2,2H3. The number of ether oxygens (including phenoxy) is 1. The van der Waals surface area contributed by atoms with E-state index < -0.39 is 5.60 Å². The normalized spacial score (nSPS) is 21.0. The molecule has 0 aromatic carbocycles. The number of hydrogen-bond acceptors (Lipinski definition) is 2. The van der Waals surface area contributed by atoms with Crippen LogP contribution in [0.15, 0.2) is 12.7 Å². The Kier molecular flexibility index (Phi) is 3.67. The van der Waals surface area contributed by atoms with Crippen molar-refractivity contribution in [1.29, 1.82) is 0 Å². The smallest absolute Gasteiger partial charge is 0.186 e. The van der Waals surface area contributed by atoms with Gasteiger partial charge in [0.2, 0.25) is 0 Å². The van der Waals surface area contributed by atoms with Crippen LogP contribution in [0.4, 0.5) is 0 Å². The van der Waals surface area contributed by atoms with Crippen molar-refractivity contribution in [2.24, 2.45) is 0 Å². The number of ketones is 1. The second-order valence-electron chi connectivity index (χ2n) is 3.56. The molecular weight excluding hydrogens is 164 g/mol. The Morgan fingerprint density at radius 1 is 1.46 bits per heavy atom. The maximum atomic E-state index is 11.6. The molecule has 0 unspecified atom stereocenters. The van der Waals surface area contributed by atoms with Gasteiger partial charge < -0.3 is 4.74 Å². The number of hydrogen-bond donors (Lipinski definition) is 0. The van der Waals surface area contributed by atoms with Crippen LogP contribution < -0.4 is 0 Å². The van der Waals surface area contributed by atoms with E-state index >= 15 is 0 Å². The lowest BCUT2D eigenvalue weighted by Gasteiger charge is -2.34. The van der Waals surface area contributed by atoms with Crippen LogP contribution >= 0.6 is 0 Å². The van der Waals surface area contributed by atoms with Crippen LogP contribution in [0.25, 0.3) is 0 Å². The Hall–Kier alpha value is -0.630. The fourth-order valence-electron chi connectivity index (χ4n) is 2.05. The third-order valence-electron chi connectivity index (χ3n) is 2.72. The van der Waals surface area contributed by atoms with Crippen molar-refractivity contribution in [2.75, 3.05) is 6.61 Å². The summed E-state index contributed by atoms with van der Waals surface area (Å²) in [6.45, 7) is 6.08. The quantitative estimate of drug-likeness (QED) is 0.624.